The third-order valence-electron chi connectivity index (χ3n) is 3.91. The number of carbonyl (C=O) groups excluding carboxylic acids is 1. The number of hydrogen-bond acceptors (Lipinski definition) is 6. The molecule has 0 saturated heterocycles. The first-order valence-electron chi connectivity index (χ1n) is 8.00. The topological polar surface area (TPSA) is 103 Å². The molecule has 27 heavy (non-hydrogen) atoms. The number of halogens is 1. The molecule has 0 heterocycles. The molecule has 2 aromatic rings. The summed E-state index contributed by atoms with van der Waals surface area (Å²) >= 11 is 0. The smallest absolute Gasteiger partial charge is 0.306 e. The first-order chi connectivity index (χ1) is 12.8. The number of benzene rings is 2. The fraction of sp³-hybridized carbons (Fsp3) is 0.278. The Morgan fingerprint density at radius 1 is 1.19 bits per heavy atom. The molecule has 0 aliphatic carbocycles. The minimum atomic E-state index is -0.967. The molecule has 0 unspecified atom stereocenters. The van der Waals surface area contributed by atoms with Crippen LogP contribution in [0.25, 0.3) is 0 Å². The number of carbonyl (C=O) groups is 1. The summed E-state index contributed by atoms with van der Waals surface area (Å²) in [5.41, 5.74) is 0.931. The number of ether oxygens (including phenoxy) is 2. The molecule has 2 aromatic carbocycles. The van der Waals surface area contributed by atoms with Gasteiger partial charge in [-0.25, -0.2) is 0 Å². The molecule has 144 valence electrons. The van der Waals surface area contributed by atoms with E-state index in [-0.39, 0.29) is 5.69 Å². The Kier molecular flexibility index (Phi) is 6.17. The lowest BCUT2D eigenvalue weighted by atomic mass is 10.1. The highest BCUT2D eigenvalue weighted by Gasteiger charge is 2.19. The molecular weight excluding hydrogens is 357 g/mol. The van der Waals surface area contributed by atoms with E-state index in [1.165, 1.54) is 20.3 Å². The van der Waals surface area contributed by atoms with Gasteiger partial charge in [-0.3, -0.25) is 14.9 Å². The second kappa shape index (κ2) is 8.35. The summed E-state index contributed by atoms with van der Waals surface area (Å²) in [7, 11) is 3.04. The van der Waals surface area contributed by atoms with Gasteiger partial charge in [0, 0.05) is 23.5 Å². The summed E-state index contributed by atoms with van der Waals surface area (Å²) in [5.74, 6) is -0.334. The molecule has 0 radical (unpaired) electrons. The van der Waals surface area contributed by atoms with Crippen LogP contribution in [0.15, 0.2) is 30.3 Å². The first kappa shape index (κ1) is 20.0. The van der Waals surface area contributed by atoms with Gasteiger partial charge in [-0.1, -0.05) is 0 Å². The van der Waals surface area contributed by atoms with Crippen molar-refractivity contribution >= 4 is 23.0 Å². The molecule has 8 nitrogen and oxygen atoms in total. The maximum absolute atomic E-state index is 13.4. The number of nitrogens with zero attached hydrogens (tertiary/aromatic N) is 1. The van der Waals surface area contributed by atoms with Crippen LogP contribution in [0.5, 0.6) is 11.5 Å². The third kappa shape index (κ3) is 4.63. The number of rotatable bonds is 7. The van der Waals surface area contributed by atoms with Gasteiger partial charge >= 0.3 is 5.69 Å². The zero-order chi connectivity index (χ0) is 20.1. The molecule has 0 aliphatic rings. The van der Waals surface area contributed by atoms with Gasteiger partial charge in [0.05, 0.1) is 19.1 Å². The minimum Gasteiger partial charge on any atom is -0.493 e. The van der Waals surface area contributed by atoms with Crippen molar-refractivity contribution in [3.8, 4) is 11.5 Å². The van der Waals surface area contributed by atoms with Gasteiger partial charge in [0.25, 0.3) is 0 Å². The fourth-order valence-electron chi connectivity index (χ4n) is 2.42. The third-order valence-corrected chi connectivity index (χ3v) is 3.91. The lowest BCUT2D eigenvalue weighted by Gasteiger charge is -2.19. The van der Waals surface area contributed by atoms with E-state index in [2.05, 4.69) is 10.6 Å². The number of nitrogens with one attached hydrogen (secondary N) is 2. The number of nitro benzene ring substituents is 1. The predicted molar refractivity (Wildman–Crippen MR) is 99.1 cm³/mol. The molecule has 0 saturated carbocycles. The maximum Gasteiger partial charge on any atom is 0.306 e. The van der Waals surface area contributed by atoms with E-state index in [4.69, 9.17) is 9.47 Å². The summed E-state index contributed by atoms with van der Waals surface area (Å²) in [6.07, 6.45) is 0. The second-order valence-corrected chi connectivity index (χ2v) is 5.80. The molecule has 0 fully saturated rings. The summed E-state index contributed by atoms with van der Waals surface area (Å²) in [6.45, 7) is 3.47. The normalized spacial score (nSPS) is 11.4. The molecule has 1 atom stereocenters. The molecule has 0 aliphatic heterocycles. The second-order valence-electron chi connectivity index (χ2n) is 5.80. The number of amides is 1. The number of nitro groups is 1. The average molecular weight is 377 g/mol. The molecule has 0 spiro atoms. The Hall–Kier alpha value is -3.36. The molecule has 2 rings (SSSR count). The van der Waals surface area contributed by atoms with E-state index < -0.39 is 28.4 Å². The standard InChI is InChI=1S/C18H20FN3O5/c1-10-7-16(26-3)17(27-4)9-14(10)20-11(2)18(23)21-12-5-6-13(19)15(8-12)22(24)25/h5-9,11,20H,1-4H3,(H,21,23)/t11-/m0/s1. The van der Waals surface area contributed by atoms with Gasteiger partial charge in [-0.15, -0.1) is 0 Å². The van der Waals surface area contributed by atoms with E-state index in [9.17, 15) is 19.3 Å². The number of anilines is 2. The van der Waals surface area contributed by atoms with Crippen LogP contribution in [-0.2, 0) is 4.79 Å². The molecule has 2 N–H and O–H groups in total. The van der Waals surface area contributed by atoms with Crippen LogP contribution in [0.4, 0.5) is 21.5 Å². The first-order valence-corrected chi connectivity index (χ1v) is 8.00. The van der Waals surface area contributed by atoms with Gasteiger partial charge < -0.3 is 20.1 Å². The Morgan fingerprint density at radius 3 is 2.41 bits per heavy atom. The van der Waals surface area contributed by atoms with Gasteiger partial charge in [0.15, 0.2) is 11.5 Å². The van der Waals surface area contributed by atoms with Crippen molar-refractivity contribution in [2.24, 2.45) is 0 Å². The van der Waals surface area contributed by atoms with Crippen LogP contribution in [-0.4, -0.2) is 31.1 Å². The highest BCUT2D eigenvalue weighted by atomic mass is 19.1. The minimum absolute atomic E-state index is 0.130. The van der Waals surface area contributed by atoms with E-state index >= 15 is 0 Å². The Labute approximate surface area is 155 Å². The Balaban J connectivity index is 2.15. The Morgan fingerprint density at radius 2 is 1.81 bits per heavy atom. The molecule has 0 bridgehead atoms. The van der Waals surface area contributed by atoms with Gasteiger partial charge in [-0.2, -0.15) is 4.39 Å². The van der Waals surface area contributed by atoms with Crippen molar-refractivity contribution in [3.05, 3.63) is 51.8 Å². The molecule has 0 aromatic heterocycles. The van der Waals surface area contributed by atoms with Crippen molar-refractivity contribution in [1.82, 2.24) is 0 Å². The number of hydrogen-bond donors (Lipinski definition) is 2. The molecule has 1 amide bonds. The zero-order valence-electron chi connectivity index (χ0n) is 15.3. The lowest BCUT2D eigenvalue weighted by molar-refractivity contribution is -0.387. The van der Waals surface area contributed by atoms with E-state index in [0.29, 0.717) is 17.2 Å². The van der Waals surface area contributed by atoms with Crippen LogP contribution >= 0.6 is 0 Å². The highest BCUT2D eigenvalue weighted by molar-refractivity contribution is 5.96. The summed E-state index contributed by atoms with van der Waals surface area (Å²) in [6, 6.07) is 5.97. The van der Waals surface area contributed by atoms with E-state index in [1.54, 1.807) is 19.1 Å². The molecule has 9 heteroatoms. The SMILES string of the molecule is COc1cc(C)c(N[C@@H](C)C(=O)Nc2ccc(F)c([N+](=O)[O-])c2)cc1OC. The predicted octanol–water partition coefficient (Wildman–Crippen LogP) is 3.50. The zero-order valence-corrected chi connectivity index (χ0v) is 15.3. The van der Waals surface area contributed by atoms with Crippen LogP contribution in [0.3, 0.4) is 0 Å². The highest BCUT2D eigenvalue weighted by Crippen LogP contribution is 2.33. The summed E-state index contributed by atoms with van der Waals surface area (Å²) < 4.78 is 23.9. The maximum atomic E-state index is 13.4. The van der Waals surface area contributed by atoms with Crippen LogP contribution in [0.1, 0.15) is 12.5 Å². The average Bonchev–Trinajstić information content (AvgIpc) is 2.64. The quantitative estimate of drug-likeness (QED) is 0.565. The van der Waals surface area contributed by atoms with Crippen LogP contribution in [0, 0.1) is 22.9 Å². The summed E-state index contributed by atoms with van der Waals surface area (Å²) in [4.78, 5) is 22.3. The van der Waals surface area contributed by atoms with Gasteiger partial charge in [0.2, 0.25) is 11.7 Å². The monoisotopic (exact) mass is 377 g/mol. The van der Waals surface area contributed by atoms with Crippen LogP contribution in [0.2, 0.25) is 0 Å². The Bertz CT molecular complexity index is 872. The number of aryl methyl sites for hydroxylation is 1. The van der Waals surface area contributed by atoms with Crippen molar-refractivity contribution < 1.29 is 23.6 Å². The molecular formula is C18H20FN3O5. The van der Waals surface area contributed by atoms with Crippen molar-refractivity contribution in [1.29, 1.82) is 0 Å². The fourth-order valence-corrected chi connectivity index (χ4v) is 2.42. The van der Waals surface area contributed by atoms with E-state index in [1.807, 2.05) is 6.92 Å². The van der Waals surface area contributed by atoms with Crippen molar-refractivity contribution in [2.75, 3.05) is 24.9 Å². The van der Waals surface area contributed by atoms with Gasteiger partial charge in [0.1, 0.15) is 6.04 Å². The summed E-state index contributed by atoms with van der Waals surface area (Å²) in [5, 5.41) is 16.4. The van der Waals surface area contributed by atoms with Crippen molar-refractivity contribution in [2.45, 2.75) is 19.9 Å². The largest absolute Gasteiger partial charge is 0.493 e. The lowest BCUT2D eigenvalue weighted by Crippen LogP contribution is -2.32. The van der Waals surface area contributed by atoms with Gasteiger partial charge in [-0.05, 0) is 37.6 Å². The van der Waals surface area contributed by atoms with Crippen LogP contribution < -0.4 is 20.1 Å². The van der Waals surface area contributed by atoms with E-state index in [0.717, 1.165) is 17.7 Å². The number of methoxy groups -OCH3 is 2. The van der Waals surface area contributed by atoms with Crippen molar-refractivity contribution in [3.63, 3.8) is 0 Å².